The Kier molecular flexibility index (Phi) is 5.91. The number of carbonyl (C=O) groups is 1. The molecule has 1 aliphatic heterocycles. The predicted octanol–water partition coefficient (Wildman–Crippen LogP) is 3.19. The third-order valence-corrected chi connectivity index (χ3v) is 7.19. The molecule has 27 heavy (non-hydrogen) atoms. The zero-order chi connectivity index (χ0) is 19.4. The molecule has 2 heterocycles. The Balaban J connectivity index is 1.82. The zero-order valence-corrected chi connectivity index (χ0v) is 16.9. The van der Waals surface area contributed by atoms with Crippen molar-refractivity contribution in [2.24, 2.45) is 0 Å². The van der Waals surface area contributed by atoms with Gasteiger partial charge in [-0.15, -0.1) is 11.3 Å². The third-order valence-electron chi connectivity index (χ3n) is 4.38. The lowest BCUT2D eigenvalue weighted by Crippen LogP contribution is -2.35. The van der Waals surface area contributed by atoms with E-state index < -0.39 is 10.0 Å². The molecule has 0 bridgehead atoms. The predicted molar refractivity (Wildman–Crippen MR) is 104 cm³/mol. The summed E-state index contributed by atoms with van der Waals surface area (Å²) in [5.41, 5.74) is 0.675. The van der Waals surface area contributed by atoms with Crippen molar-refractivity contribution in [3.8, 4) is 11.5 Å². The van der Waals surface area contributed by atoms with E-state index >= 15 is 0 Å². The number of methoxy groups -OCH3 is 2. The number of carbonyl (C=O) groups excluding carboxylic acids is 1. The van der Waals surface area contributed by atoms with Crippen molar-refractivity contribution in [3.05, 3.63) is 35.2 Å². The number of hydrogen-bond donors (Lipinski definition) is 1. The highest BCUT2D eigenvalue weighted by Gasteiger charge is 2.24. The van der Waals surface area contributed by atoms with Gasteiger partial charge in [0.2, 0.25) is 0 Å². The topological polar surface area (TPSA) is 84.9 Å². The first-order valence-electron chi connectivity index (χ1n) is 8.57. The molecule has 0 aliphatic carbocycles. The van der Waals surface area contributed by atoms with Gasteiger partial charge in [-0.25, -0.2) is 8.42 Å². The van der Waals surface area contributed by atoms with Crippen LogP contribution in [0.1, 0.15) is 29.6 Å². The monoisotopic (exact) mass is 410 g/mol. The summed E-state index contributed by atoms with van der Waals surface area (Å²) in [7, 11) is -0.896. The Morgan fingerprint density at radius 2 is 1.85 bits per heavy atom. The first kappa shape index (κ1) is 19.5. The number of piperidine rings is 1. The van der Waals surface area contributed by atoms with Crippen LogP contribution in [0.5, 0.6) is 11.5 Å². The molecule has 146 valence electrons. The van der Waals surface area contributed by atoms with E-state index in [-0.39, 0.29) is 15.8 Å². The third kappa shape index (κ3) is 4.36. The highest BCUT2D eigenvalue weighted by atomic mass is 32.2. The van der Waals surface area contributed by atoms with Crippen LogP contribution in [-0.4, -0.2) is 46.5 Å². The Morgan fingerprint density at radius 1 is 1.11 bits per heavy atom. The maximum atomic E-state index is 12.8. The second-order valence-corrected chi connectivity index (χ2v) is 9.00. The molecule has 1 aromatic carbocycles. The van der Waals surface area contributed by atoms with Crippen molar-refractivity contribution in [2.45, 2.75) is 23.5 Å². The average molecular weight is 411 g/mol. The van der Waals surface area contributed by atoms with Gasteiger partial charge in [0.15, 0.2) is 0 Å². The van der Waals surface area contributed by atoms with Gasteiger partial charge >= 0.3 is 0 Å². The fraction of sp³-hybridized carbons (Fsp3) is 0.389. The summed E-state index contributed by atoms with van der Waals surface area (Å²) in [6.07, 6.45) is 3.09. The number of benzene rings is 1. The van der Waals surface area contributed by atoms with E-state index in [1.165, 1.54) is 20.3 Å². The summed E-state index contributed by atoms with van der Waals surface area (Å²) in [6.45, 7) is 1.44. The molecule has 0 radical (unpaired) electrons. The molecular weight excluding hydrogens is 388 g/mol. The fourth-order valence-electron chi connectivity index (χ4n) is 2.94. The molecule has 1 aromatic heterocycles. The standard InChI is InChI=1S/C18H22N2O5S2/c1-24-14-6-7-16(25-2)15(11-14)19-27(22,23)17-10-13(12-26-17)18(21)20-8-4-3-5-9-20/h6-7,10-12,19H,3-5,8-9H2,1-2H3. The summed E-state index contributed by atoms with van der Waals surface area (Å²) < 4.78 is 38.5. The Morgan fingerprint density at radius 3 is 2.52 bits per heavy atom. The molecule has 0 unspecified atom stereocenters. The number of thiophene rings is 1. The number of ether oxygens (including phenoxy) is 2. The van der Waals surface area contributed by atoms with Crippen LogP contribution < -0.4 is 14.2 Å². The first-order chi connectivity index (χ1) is 12.9. The second kappa shape index (κ2) is 8.18. The molecule has 1 saturated heterocycles. The molecule has 0 atom stereocenters. The normalized spacial score (nSPS) is 14.7. The van der Waals surface area contributed by atoms with Gasteiger partial charge in [-0.2, -0.15) is 0 Å². The van der Waals surface area contributed by atoms with Crippen LogP contribution in [0, 0.1) is 0 Å². The maximum Gasteiger partial charge on any atom is 0.271 e. The maximum absolute atomic E-state index is 12.8. The molecule has 9 heteroatoms. The van der Waals surface area contributed by atoms with Gasteiger partial charge in [0.1, 0.15) is 15.7 Å². The smallest absolute Gasteiger partial charge is 0.271 e. The van der Waals surface area contributed by atoms with E-state index in [9.17, 15) is 13.2 Å². The SMILES string of the molecule is COc1ccc(OC)c(NS(=O)(=O)c2cc(C(=O)N3CCCCC3)cs2)c1. The van der Waals surface area contributed by atoms with Gasteiger partial charge in [0, 0.05) is 24.5 Å². The van der Waals surface area contributed by atoms with Crippen LogP contribution in [-0.2, 0) is 10.0 Å². The number of nitrogens with one attached hydrogen (secondary N) is 1. The molecule has 0 saturated carbocycles. The van der Waals surface area contributed by atoms with Gasteiger partial charge in [-0.3, -0.25) is 9.52 Å². The molecule has 1 amide bonds. The van der Waals surface area contributed by atoms with Gasteiger partial charge in [-0.1, -0.05) is 0 Å². The lowest BCUT2D eigenvalue weighted by Gasteiger charge is -2.26. The minimum atomic E-state index is -3.85. The molecule has 3 rings (SSSR count). The lowest BCUT2D eigenvalue weighted by molar-refractivity contribution is 0.0725. The highest BCUT2D eigenvalue weighted by molar-refractivity contribution is 7.94. The Hall–Kier alpha value is -2.26. The molecular formula is C18H22N2O5S2. The summed E-state index contributed by atoms with van der Waals surface area (Å²) in [5, 5.41) is 1.59. The van der Waals surface area contributed by atoms with E-state index in [1.807, 2.05) is 0 Å². The molecule has 7 nitrogen and oxygen atoms in total. The number of sulfonamides is 1. The molecule has 1 aliphatic rings. The van der Waals surface area contributed by atoms with E-state index in [1.54, 1.807) is 28.5 Å². The number of amides is 1. The minimum Gasteiger partial charge on any atom is -0.497 e. The quantitative estimate of drug-likeness (QED) is 0.791. The van der Waals surface area contributed by atoms with Crippen molar-refractivity contribution in [1.82, 2.24) is 4.90 Å². The summed E-state index contributed by atoms with van der Waals surface area (Å²) in [6, 6.07) is 6.27. The molecule has 2 aromatic rings. The first-order valence-corrected chi connectivity index (χ1v) is 10.9. The van der Waals surface area contributed by atoms with Crippen molar-refractivity contribution < 1.29 is 22.7 Å². The molecule has 0 spiro atoms. The average Bonchev–Trinajstić information content (AvgIpc) is 3.19. The highest BCUT2D eigenvalue weighted by Crippen LogP contribution is 2.32. The van der Waals surface area contributed by atoms with Crippen molar-refractivity contribution in [2.75, 3.05) is 32.0 Å². The molecule has 1 N–H and O–H groups in total. The van der Waals surface area contributed by atoms with E-state index in [2.05, 4.69) is 4.72 Å². The van der Waals surface area contributed by atoms with Crippen LogP contribution in [0.2, 0.25) is 0 Å². The van der Waals surface area contributed by atoms with Crippen LogP contribution in [0.15, 0.2) is 33.9 Å². The second-order valence-electron chi connectivity index (χ2n) is 6.18. The number of rotatable bonds is 6. The van der Waals surface area contributed by atoms with Crippen LogP contribution in [0.3, 0.4) is 0 Å². The zero-order valence-electron chi connectivity index (χ0n) is 15.2. The van der Waals surface area contributed by atoms with Crippen molar-refractivity contribution in [1.29, 1.82) is 0 Å². The largest absolute Gasteiger partial charge is 0.497 e. The number of anilines is 1. The summed E-state index contributed by atoms with van der Waals surface area (Å²) >= 11 is 1.02. The fourth-order valence-corrected chi connectivity index (χ4v) is 5.15. The summed E-state index contributed by atoms with van der Waals surface area (Å²) in [4.78, 5) is 14.3. The van der Waals surface area contributed by atoms with Crippen LogP contribution >= 0.6 is 11.3 Å². The Bertz CT molecular complexity index is 918. The van der Waals surface area contributed by atoms with Crippen LogP contribution in [0.4, 0.5) is 5.69 Å². The van der Waals surface area contributed by atoms with E-state index in [4.69, 9.17) is 9.47 Å². The van der Waals surface area contributed by atoms with Crippen molar-refractivity contribution >= 4 is 33.0 Å². The van der Waals surface area contributed by atoms with E-state index in [0.717, 1.165) is 43.7 Å². The van der Waals surface area contributed by atoms with Gasteiger partial charge in [0.05, 0.1) is 25.5 Å². The molecule has 1 fully saturated rings. The number of likely N-dealkylation sites (tertiary alicyclic amines) is 1. The Labute approximate surface area is 163 Å². The number of hydrogen-bond acceptors (Lipinski definition) is 6. The van der Waals surface area contributed by atoms with Gasteiger partial charge < -0.3 is 14.4 Å². The van der Waals surface area contributed by atoms with Crippen molar-refractivity contribution in [3.63, 3.8) is 0 Å². The number of nitrogens with zero attached hydrogens (tertiary/aromatic N) is 1. The van der Waals surface area contributed by atoms with E-state index in [0.29, 0.717) is 17.1 Å². The summed E-state index contributed by atoms with van der Waals surface area (Å²) in [5.74, 6) is 0.757. The lowest BCUT2D eigenvalue weighted by atomic mass is 10.1. The van der Waals surface area contributed by atoms with Crippen LogP contribution in [0.25, 0.3) is 0 Å². The van der Waals surface area contributed by atoms with Gasteiger partial charge in [-0.05, 0) is 37.5 Å². The van der Waals surface area contributed by atoms with Gasteiger partial charge in [0.25, 0.3) is 15.9 Å². The minimum absolute atomic E-state index is 0.0766.